The maximum absolute atomic E-state index is 13.6. The number of carbonyl (C=O) groups excluding carboxylic acids is 1. The standard InChI is InChI=1S/C29H35N3O4S/c1-3-36-27-14-12-26(13-15-27)32(37(34,35)28-16-10-23(2)11-17-28)22-29(33)30-20-24-8-4-5-9-25(24)21-31-18-6-7-19-31/h4-5,8-17H,3,6-7,18-22H2,1-2H3,(H,30,33). The zero-order valence-corrected chi connectivity index (χ0v) is 22.3. The maximum atomic E-state index is 13.6. The Balaban J connectivity index is 1.52. The van der Waals surface area contributed by atoms with Crippen LogP contribution in [0.25, 0.3) is 0 Å². The molecule has 4 rings (SSSR count). The zero-order chi connectivity index (χ0) is 26.3. The third kappa shape index (κ3) is 6.90. The van der Waals surface area contributed by atoms with Crippen molar-refractivity contribution in [1.82, 2.24) is 10.2 Å². The van der Waals surface area contributed by atoms with E-state index in [1.54, 1.807) is 48.5 Å². The fourth-order valence-electron chi connectivity index (χ4n) is 4.47. The Bertz CT molecular complexity index is 1290. The number of sulfonamides is 1. The minimum atomic E-state index is -3.97. The third-order valence-electron chi connectivity index (χ3n) is 6.52. The molecule has 0 radical (unpaired) electrons. The SMILES string of the molecule is CCOc1ccc(N(CC(=O)NCc2ccccc2CN2CCCC2)S(=O)(=O)c2ccc(C)cc2)cc1. The zero-order valence-electron chi connectivity index (χ0n) is 21.5. The quantitative estimate of drug-likeness (QED) is 0.402. The van der Waals surface area contributed by atoms with Crippen LogP contribution in [-0.4, -0.2) is 45.5 Å². The number of anilines is 1. The molecular formula is C29H35N3O4S. The molecule has 0 bridgehead atoms. The highest BCUT2D eigenvalue weighted by atomic mass is 32.2. The van der Waals surface area contributed by atoms with E-state index in [4.69, 9.17) is 4.74 Å². The predicted octanol–water partition coefficient (Wildman–Crippen LogP) is 4.50. The van der Waals surface area contributed by atoms with Crippen LogP contribution in [0.1, 0.15) is 36.5 Å². The molecule has 0 spiro atoms. The van der Waals surface area contributed by atoms with Crippen molar-refractivity contribution in [3.8, 4) is 5.75 Å². The lowest BCUT2D eigenvalue weighted by Crippen LogP contribution is -2.40. The van der Waals surface area contributed by atoms with Crippen molar-refractivity contribution in [2.75, 3.05) is 30.5 Å². The summed E-state index contributed by atoms with van der Waals surface area (Å²) in [7, 11) is -3.97. The van der Waals surface area contributed by atoms with Crippen molar-refractivity contribution < 1.29 is 17.9 Å². The van der Waals surface area contributed by atoms with Crippen molar-refractivity contribution in [1.29, 1.82) is 0 Å². The van der Waals surface area contributed by atoms with Crippen LogP contribution in [0.15, 0.2) is 77.7 Å². The molecule has 1 N–H and O–H groups in total. The molecule has 1 amide bonds. The summed E-state index contributed by atoms with van der Waals surface area (Å²) in [6.45, 7) is 7.33. The van der Waals surface area contributed by atoms with Gasteiger partial charge in [-0.15, -0.1) is 0 Å². The summed E-state index contributed by atoms with van der Waals surface area (Å²) in [6, 6.07) is 21.5. The van der Waals surface area contributed by atoms with Crippen LogP contribution in [-0.2, 0) is 27.9 Å². The van der Waals surface area contributed by atoms with Gasteiger partial charge in [0.15, 0.2) is 0 Å². The molecule has 1 saturated heterocycles. The molecule has 0 saturated carbocycles. The number of benzene rings is 3. The van der Waals surface area contributed by atoms with E-state index in [0.717, 1.165) is 35.1 Å². The summed E-state index contributed by atoms with van der Waals surface area (Å²) < 4.78 is 33.9. The number of likely N-dealkylation sites (tertiary alicyclic amines) is 1. The van der Waals surface area contributed by atoms with E-state index < -0.39 is 10.0 Å². The minimum absolute atomic E-state index is 0.135. The third-order valence-corrected chi connectivity index (χ3v) is 8.31. The van der Waals surface area contributed by atoms with Gasteiger partial charge in [-0.05, 0) is 87.3 Å². The van der Waals surface area contributed by atoms with Gasteiger partial charge in [-0.25, -0.2) is 8.42 Å². The van der Waals surface area contributed by atoms with Crippen molar-refractivity contribution in [3.63, 3.8) is 0 Å². The number of nitrogens with one attached hydrogen (secondary N) is 1. The highest BCUT2D eigenvalue weighted by Gasteiger charge is 2.27. The second-order valence-electron chi connectivity index (χ2n) is 9.28. The first-order valence-electron chi connectivity index (χ1n) is 12.7. The van der Waals surface area contributed by atoms with Gasteiger partial charge in [-0.3, -0.25) is 14.0 Å². The fourth-order valence-corrected chi connectivity index (χ4v) is 5.89. The molecule has 37 heavy (non-hydrogen) atoms. The van der Waals surface area contributed by atoms with Crippen LogP contribution in [0, 0.1) is 6.92 Å². The van der Waals surface area contributed by atoms with Gasteiger partial charge in [0, 0.05) is 13.1 Å². The lowest BCUT2D eigenvalue weighted by Gasteiger charge is -2.24. The highest BCUT2D eigenvalue weighted by molar-refractivity contribution is 7.92. The molecule has 8 heteroatoms. The maximum Gasteiger partial charge on any atom is 0.264 e. The summed E-state index contributed by atoms with van der Waals surface area (Å²) in [6.07, 6.45) is 2.44. The van der Waals surface area contributed by atoms with Gasteiger partial charge < -0.3 is 10.1 Å². The number of nitrogens with zero attached hydrogens (tertiary/aromatic N) is 2. The van der Waals surface area contributed by atoms with E-state index in [2.05, 4.69) is 16.3 Å². The molecule has 1 aliphatic heterocycles. The van der Waals surface area contributed by atoms with Crippen LogP contribution in [0.5, 0.6) is 5.75 Å². The predicted molar refractivity (Wildman–Crippen MR) is 146 cm³/mol. The lowest BCUT2D eigenvalue weighted by atomic mass is 10.1. The summed E-state index contributed by atoms with van der Waals surface area (Å²) in [5.41, 5.74) is 3.57. The topological polar surface area (TPSA) is 79.0 Å². The van der Waals surface area contributed by atoms with Crippen molar-refractivity contribution in [3.05, 3.63) is 89.5 Å². The molecule has 3 aromatic rings. The Kier molecular flexibility index (Phi) is 8.84. The second kappa shape index (κ2) is 12.3. The van der Waals surface area contributed by atoms with Crippen LogP contribution < -0.4 is 14.4 Å². The Morgan fingerprint density at radius 2 is 1.59 bits per heavy atom. The Morgan fingerprint density at radius 1 is 0.946 bits per heavy atom. The van der Waals surface area contributed by atoms with Crippen LogP contribution in [0.2, 0.25) is 0 Å². The van der Waals surface area contributed by atoms with E-state index in [9.17, 15) is 13.2 Å². The molecule has 3 aromatic carbocycles. The molecule has 0 aromatic heterocycles. The van der Waals surface area contributed by atoms with E-state index in [1.807, 2.05) is 32.0 Å². The number of aryl methyl sites for hydroxylation is 1. The van der Waals surface area contributed by atoms with E-state index in [0.29, 0.717) is 24.6 Å². The molecular weight excluding hydrogens is 486 g/mol. The number of carbonyl (C=O) groups is 1. The van der Waals surface area contributed by atoms with Crippen LogP contribution in [0.3, 0.4) is 0 Å². The largest absolute Gasteiger partial charge is 0.494 e. The number of amides is 1. The average Bonchev–Trinajstić information content (AvgIpc) is 3.41. The van der Waals surface area contributed by atoms with E-state index in [1.165, 1.54) is 18.4 Å². The monoisotopic (exact) mass is 521 g/mol. The van der Waals surface area contributed by atoms with E-state index in [-0.39, 0.29) is 17.3 Å². The Hall–Kier alpha value is -3.36. The van der Waals surface area contributed by atoms with Gasteiger partial charge >= 0.3 is 0 Å². The van der Waals surface area contributed by atoms with Gasteiger partial charge in [0.2, 0.25) is 5.91 Å². The Labute approximate surface area is 220 Å². The van der Waals surface area contributed by atoms with Gasteiger partial charge in [-0.1, -0.05) is 42.0 Å². The van der Waals surface area contributed by atoms with Gasteiger partial charge in [-0.2, -0.15) is 0 Å². The first-order chi connectivity index (χ1) is 17.9. The minimum Gasteiger partial charge on any atom is -0.494 e. The smallest absolute Gasteiger partial charge is 0.264 e. The highest BCUT2D eigenvalue weighted by Crippen LogP contribution is 2.26. The lowest BCUT2D eigenvalue weighted by molar-refractivity contribution is -0.119. The average molecular weight is 522 g/mol. The molecule has 0 unspecified atom stereocenters. The van der Waals surface area contributed by atoms with Crippen molar-refractivity contribution >= 4 is 21.6 Å². The molecule has 1 heterocycles. The first-order valence-corrected chi connectivity index (χ1v) is 14.2. The molecule has 196 valence electrons. The van der Waals surface area contributed by atoms with Gasteiger partial charge in [0.25, 0.3) is 10.0 Å². The second-order valence-corrected chi connectivity index (χ2v) is 11.1. The Morgan fingerprint density at radius 3 is 2.24 bits per heavy atom. The summed E-state index contributed by atoms with van der Waals surface area (Å²) >= 11 is 0. The summed E-state index contributed by atoms with van der Waals surface area (Å²) in [5, 5.41) is 2.94. The summed E-state index contributed by atoms with van der Waals surface area (Å²) in [4.78, 5) is 15.7. The number of hydrogen-bond donors (Lipinski definition) is 1. The van der Waals surface area contributed by atoms with Crippen molar-refractivity contribution in [2.45, 2.75) is 44.7 Å². The van der Waals surface area contributed by atoms with Crippen molar-refractivity contribution in [2.24, 2.45) is 0 Å². The molecule has 0 atom stereocenters. The molecule has 1 aliphatic rings. The number of ether oxygens (including phenoxy) is 1. The molecule has 0 aliphatic carbocycles. The fraction of sp³-hybridized carbons (Fsp3) is 0.345. The van der Waals surface area contributed by atoms with Gasteiger partial charge in [0.1, 0.15) is 12.3 Å². The first kappa shape index (κ1) is 26.7. The number of hydrogen-bond acceptors (Lipinski definition) is 5. The molecule has 1 fully saturated rings. The summed E-state index contributed by atoms with van der Waals surface area (Å²) in [5.74, 6) is 0.263. The van der Waals surface area contributed by atoms with Crippen LogP contribution >= 0.6 is 0 Å². The van der Waals surface area contributed by atoms with Crippen LogP contribution in [0.4, 0.5) is 5.69 Å². The molecule has 7 nitrogen and oxygen atoms in total. The number of rotatable bonds is 11. The normalized spacial score (nSPS) is 13.9. The van der Waals surface area contributed by atoms with Gasteiger partial charge in [0.05, 0.1) is 17.2 Å². The van der Waals surface area contributed by atoms with E-state index >= 15 is 0 Å².